The predicted octanol–water partition coefficient (Wildman–Crippen LogP) is 2.73. The summed E-state index contributed by atoms with van der Waals surface area (Å²) in [7, 11) is 1.62. The summed E-state index contributed by atoms with van der Waals surface area (Å²) >= 11 is 4.87. The number of thiophene rings is 1. The van der Waals surface area contributed by atoms with Crippen molar-refractivity contribution in [2.24, 2.45) is 0 Å². The molecule has 1 aliphatic heterocycles. The number of carbonyl (C=O) groups excluding carboxylic acids is 1. The zero-order valence-corrected chi connectivity index (χ0v) is 13.6. The van der Waals surface area contributed by atoms with E-state index in [2.05, 4.69) is 28.2 Å². The van der Waals surface area contributed by atoms with Gasteiger partial charge in [-0.3, -0.25) is 4.79 Å². The molecule has 2 rings (SSSR count). The van der Waals surface area contributed by atoms with Crippen molar-refractivity contribution in [1.29, 1.82) is 0 Å². The van der Waals surface area contributed by atoms with E-state index in [9.17, 15) is 4.79 Å². The summed E-state index contributed by atoms with van der Waals surface area (Å²) in [6, 6.07) is 2.14. The summed E-state index contributed by atoms with van der Waals surface area (Å²) in [6.07, 6.45) is 2.02. The number of halogens is 1. The molecule has 6 heteroatoms. The van der Waals surface area contributed by atoms with Crippen LogP contribution in [-0.2, 0) is 0 Å². The van der Waals surface area contributed by atoms with Crippen molar-refractivity contribution < 1.29 is 9.53 Å². The van der Waals surface area contributed by atoms with E-state index in [1.807, 2.05) is 11.0 Å². The molecule has 0 bridgehead atoms. The highest BCUT2D eigenvalue weighted by Gasteiger charge is 2.28. The van der Waals surface area contributed by atoms with Crippen molar-refractivity contribution in [2.45, 2.75) is 25.8 Å². The highest BCUT2D eigenvalue weighted by atomic mass is 79.9. The average molecular weight is 347 g/mol. The second-order valence-electron chi connectivity index (χ2n) is 4.60. The summed E-state index contributed by atoms with van der Waals surface area (Å²) in [5.74, 6) is 0.846. The Morgan fingerprint density at radius 3 is 3.00 bits per heavy atom. The monoisotopic (exact) mass is 346 g/mol. The van der Waals surface area contributed by atoms with E-state index in [1.165, 1.54) is 11.3 Å². The van der Waals surface area contributed by atoms with E-state index in [4.69, 9.17) is 4.74 Å². The topological polar surface area (TPSA) is 41.6 Å². The van der Waals surface area contributed by atoms with Crippen LogP contribution in [0, 0.1) is 0 Å². The van der Waals surface area contributed by atoms with Gasteiger partial charge in [-0.1, -0.05) is 6.92 Å². The molecule has 0 radical (unpaired) electrons. The zero-order chi connectivity index (χ0) is 13.8. The van der Waals surface area contributed by atoms with Crippen LogP contribution in [0.3, 0.4) is 0 Å². The molecule has 1 saturated heterocycles. The third kappa shape index (κ3) is 3.30. The molecule has 0 aliphatic carbocycles. The quantitative estimate of drug-likeness (QED) is 0.891. The standard InChI is InChI=1S/C13H19BrN2O2S/c1-3-6-16(9-4-5-15-8-9)13(17)11-7-10(18-2)12(14)19-11/h7,9,15H,3-6,8H2,1-2H3. The normalized spacial score (nSPS) is 18.6. The lowest BCUT2D eigenvalue weighted by Crippen LogP contribution is -2.41. The maximum Gasteiger partial charge on any atom is 0.264 e. The van der Waals surface area contributed by atoms with Gasteiger partial charge in [0.15, 0.2) is 0 Å². The second-order valence-corrected chi connectivity index (χ2v) is 6.97. The van der Waals surface area contributed by atoms with E-state index >= 15 is 0 Å². The first-order valence-electron chi connectivity index (χ1n) is 6.52. The van der Waals surface area contributed by atoms with E-state index in [1.54, 1.807) is 7.11 Å². The van der Waals surface area contributed by atoms with Crippen molar-refractivity contribution >= 4 is 33.2 Å². The fourth-order valence-electron chi connectivity index (χ4n) is 2.33. The molecule has 1 aromatic heterocycles. The molecule has 0 saturated carbocycles. The minimum atomic E-state index is 0.115. The molecule has 1 unspecified atom stereocenters. The molecule has 1 aliphatic rings. The number of hydrogen-bond donors (Lipinski definition) is 1. The van der Waals surface area contributed by atoms with Crippen LogP contribution in [0.1, 0.15) is 29.4 Å². The number of ether oxygens (including phenoxy) is 1. The molecule has 1 aromatic rings. The Hall–Kier alpha value is -0.590. The van der Waals surface area contributed by atoms with Crippen molar-refractivity contribution in [2.75, 3.05) is 26.7 Å². The van der Waals surface area contributed by atoms with Crippen molar-refractivity contribution in [3.63, 3.8) is 0 Å². The highest BCUT2D eigenvalue weighted by Crippen LogP contribution is 2.35. The molecule has 1 fully saturated rings. The first-order chi connectivity index (χ1) is 9.17. The highest BCUT2D eigenvalue weighted by molar-refractivity contribution is 9.11. The van der Waals surface area contributed by atoms with Crippen LogP contribution in [-0.4, -0.2) is 43.6 Å². The first-order valence-corrected chi connectivity index (χ1v) is 8.13. The van der Waals surface area contributed by atoms with E-state index in [0.29, 0.717) is 6.04 Å². The largest absolute Gasteiger partial charge is 0.495 e. The summed E-state index contributed by atoms with van der Waals surface area (Å²) in [5, 5.41) is 3.32. The van der Waals surface area contributed by atoms with Crippen LogP contribution in [0.15, 0.2) is 9.85 Å². The fraction of sp³-hybridized carbons (Fsp3) is 0.615. The molecule has 1 amide bonds. The van der Waals surface area contributed by atoms with Gasteiger partial charge in [0.25, 0.3) is 5.91 Å². The lowest BCUT2D eigenvalue weighted by Gasteiger charge is -2.27. The Morgan fingerprint density at radius 1 is 1.68 bits per heavy atom. The van der Waals surface area contributed by atoms with Crippen LogP contribution in [0.5, 0.6) is 5.75 Å². The minimum Gasteiger partial charge on any atom is -0.495 e. The molecule has 1 N–H and O–H groups in total. The van der Waals surface area contributed by atoms with Crippen LogP contribution in [0.4, 0.5) is 0 Å². The second kappa shape index (κ2) is 6.72. The lowest BCUT2D eigenvalue weighted by atomic mass is 10.2. The summed E-state index contributed by atoms with van der Waals surface area (Å²) in [5.41, 5.74) is 0. The minimum absolute atomic E-state index is 0.115. The zero-order valence-electron chi connectivity index (χ0n) is 11.2. The molecule has 1 atom stereocenters. The Kier molecular flexibility index (Phi) is 5.24. The maximum atomic E-state index is 12.6. The summed E-state index contributed by atoms with van der Waals surface area (Å²) < 4.78 is 6.10. The van der Waals surface area contributed by atoms with Crippen LogP contribution in [0.25, 0.3) is 0 Å². The SMILES string of the molecule is CCCN(C(=O)c1cc(OC)c(Br)s1)C1CCNC1. The number of nitrogens with zero attached hydrogens (tertiary/aromatic N) is 1. The van der Waals surface area contributed by atoms with Gasteiger partial charge in [-0.2, -0.15) is 0 Å². The molecule has 0 spiro atoms. The van der Waals surface area contributed by atoms with Crippen LogP contribution >= 0.6 is 27.3 Å². The Balaban J connectivity index is 2.17. The van der Waals surface area contributed by atoms with Crippen LogP contribution in [0.2, 0.25) is 0 Å². The number of methoxy groups -OCH3 is 1. The van der Waals surface area contributed by atoms with Crippen molar-refractivity contribution in [1.82, 2.24) is 10.2 Å². The maximum absolute atomic E-state index is 12.6. The summed E-state index contributed by atoms with van der Waals surface area (Å²) in [6.45, 7) is 4.81. The predicted molar refractivity (Wildman–Crippen MR) is 81.2 cm³/mol. The number of rotatable bonds is 5. The smallest absolute Gasteiger partial charge is 0.264 e. The molecule has 0 aromatic carbocycles. The van der Waals surface area contributed by atoms with Crippen LogP contribution < -0.4 is 10.1 Å². The van der Waals surface area contributed by atoms with E-state index in [-0.39, 0.29) is 5.91 Å². The molecule has 2 heterocycles. The number of nitrogens with one attached hydrogen (secondary N) is 1. The average Bonchev–Trinajstić information content (AvgIpc) is 3.04. The Morgan fingerprint density at radius 2 is 2.47 bits per heavy atom. The molecular formula is C13H19BrN2O2S. The number of carbonyl (C=O) groups is 1. The lowest BCUT2D eigenvalue weighted by molar-refractivity contribution is 0.0697. The van der Waals surface area contributed by atoms with Gasteiger partial charge in [0.2, 0.25) is 0 Å². The molecule has 4 nitrogen and oxygen atoms in total. The fourth-order valence-corrected chi connectivity index (χ4v) is 3.94. The number of amides is 1. The van der Waals surface area contributed by atoms with Crippen molar-refractivity contribution in [3.05, 3.63) is 14.7 Å². The van der Waals surface area contributed by atoms with Gasteiger partial charge in [0, 0.05) is 25.2 Å². The summed E-state index contributed by atoms with van der Waals surface area (Å²) in [4.78, 5) is 15.4. The van der Waals surface area contributed by atoms with Gasteiger partial charge < -0.3 is 15.0 Å². The van der Waals surface area contributed by atoms with Gasteiger partial charge in [0.1, 0.15) is 9.54 Å². The molecule has 106 valence electrons. The number of hydrogen-bond acceptors (Lipinski definition) is 4. The Labute approximate surface area is 126 Å². The van der Waals surface area contributed by atoms with Gasteiger partial charge in [-0.25, -0.2) is 0 Å². The third-order valence-corrected chi connectivity index (χ3v) is 5.06. The van der Waals surface area contributed by atoms with Gasteiger partial charge in [-0.15, -0.1) is 11.3 Å². The van der Waals surface area contributed by atoms with Crippen molar-refractivity contribution in [3.8, 4) is 5.75 Å². The van der Waals surface area contributed by atoms with Gasteiger partial charge >= 0.3 is 0 Å². The van der Waals surface area contributed by atoms with Gasteiger partial charge in [-0.05, 0) is 35.3 Å². The first kappa shape index (κ1) is 14.8. The van der Waals surface area contributed by atoms with Gasteiger partial charge in [0.05, 0.1) is 12.0 Å². The Bertz CT molecular complexity index is 444. The third-order valence-electron chi connectivity index (χ3n) is 3.29. The molecule has 19 heavy (non-hydrogen) atoms. The van der Waals surface area contributed by atoms with E-state index in [0.717, 1.165) is 46.9 Å². The van der Waals surface area contributed by atoms with E-state index < -0.39 is 0 Å². The molecular weight excluding hydrogens is 328 g/mol.